The molecule has 3 unspecified atom stereocenters. The summed E-state index contributed by atoms with van der Waals surface area (Å²) >= 11 is 0. The second kappa shape index (κ2) is 10.1. The fraction of sp³-hybridized carbons (Fsp3) is 0.579. The minimum absolute atomic E-state index is 0.155. The van der Waals surface area contributed by atoms with Gasteiger partial charge in [-0.2, -0.15) is 0 Å². The predicted octanol–water partition coefficient (Wildman–Crippen LogP) is 3.39. The van der Waals surface area contributed by atoms with E-state index in [0.717, 1.165) is 24.5 Å². The van der Waals surface area contributed by atoms with Crippen LogP contribution in [0.1, 0.15) is 52.9 Å². The molecule has 1 aliphatic heterocycles. The molecular weight excluding hydrogens is 308 g/mol. The van der Waals surface area contributed by atoms with Gasteiger partial charge in [-0.1, -0.05) is 45.6 Å². The molecule has 0 fully saturated rings. The van der Waals surface area contributed by atoms with Crippen LogP contribution in [0, 0.1) is 5.92 Å². The molecule has 0 spiro atoms. The smallest absolute Gasteiger partial charge is 0.338 e. The van der Waals surface area contributed by atoms with Gasteiger partial charge < -0.3 is 14.9 Å². The number of aliphatic hydroxyl groups is 1. The minimum Gasteiger partial charge on any atom is -0.478 e. The standard InChI is InChI=1S/C19H28O5/c1-4-5-6-7-8-13(2)11-14(3)18(22)16-12-15(19(23)24-16)9-10-17(20)21/h9-13,16,18,22H,4-8H2,1-3H3,(H,20,21)/b10-9+,14-11+. The van der Waals surface area contributed by atoms with Crippen molar-refractivity contribution in [2.75, 3.05) is 0 Å². The Bertz CT molecular complexity index is 530. The molecule has 0 radical (unpaired) electrons. The van der Waals surface area contributed by atoms with Crippen LogP contribution in [-0.4, -0.2) is 34.4 Å². The van der Waals surface area contributed by atoms with E-state index in [1.807, 2.05) is 13.0 Å². The number of cyclic esters (lactones) is 1. The van der Waals surface area contributed by atoms with Crippen molar-refractivity contribution >= 4 is 11.9 Å². The molecule has 0 aliphatic carbocycles. The highest BCUT2D eigenvalue weighted by molar-refractivity contribution is 5.95. The number of carboxylic acid groups (broad SMARTS) is 1. The number of carboxylic acids is 1. The van der Waals surface area contributed by atoms with Crippen LogP contribution in [0.25, 0.3) is 0 Å². The van der Waals surface area contributed by atoms with E-state index in [9.17, 15) is 14.7 Å². The molecule has 0 bridgehead atoms. The number of unbranched alkanes of at least 4 members (excludes halogenated alkanes) is 3. The number of aliphatic hydroxyl groups excluding tert-OH is 1. The van der Waals surface area contributed by atoms with Crippen LogP contribution >= 0.6 is 0 Å². The van der Waals surface area contributed by atoms with Gasteiger partial charge in [-0.05, 0) is 37.0 Å². The van der Waals surface area contributed by atoms with Gasteiger partial charge in [0, 0.05) is 6.08 Å². The van der Waals surface area contributed by atoms with Gasteiger partial charge >= 0.3 is 11.9 Å². The highest BCUT2D eigenvalue weighted by Gasteiger charge is 2.30. The molecule has 0 aromatic heterocycles. The molecule has 134 valence electrons. The number of hydrogen-bond donors (Lipinski definition) is 2. The summed E-state index contributed by atoms with van der Waals surface area (Å²) in [5.74, 6) is -1.40. The molecule has 0 aromatic rings. The van der Waals surface area contributed by atoms with Crippen molar-refractivity contribution in [2.24, 2.45) is 5.92 Å². The molecule has 0 amide bonds. The second-order valence-electron chi connectivity index (χ2n) is 6.35. The zero-order valence-corrected chi connectivity index (χ0v) is 14.7. The van der Waals surface area contributed by atoms with Gasteiger partial charge in [-0.3, -0.25) is 0 Å². The zero-order chi connectivity index (χ0) is 18.1. The third-order valence-corrected chi connectivity index (χ3v) is 4.07. The topological polar surface area (TPSA) is 83.8 Å². The van der Waals surface area contributed by atoms with E-state index in [1.165, 1.54) is 31.4 Å². The molecule has 1 aliphatic rings. The van der Waals surface area contributed by atoms with Gasteiger partial charge in [-0.25, -0.2) is 9.59 Å². The number of hydrogen-bond acceptors (Lipinski definition) is 4. The number of ether oxygens (including phenoxy) is 1. The maximum absolute atomic E-state index is 11.7. The number of rotatable bonds is 10. The molecule has 2 N–H and O–H groups in total. The van der Waals surface area contributed by atoms with E-state index < -0.39 is 24.1 Å². The fourth-order valence-electron chi connectivity index (χ4n) is 2.69. The summed E-state index contributed by atoms with van der Waals surface area (Å²) in [5.41, 5.74) is 0.914. The maximum Gasteiger partial charge on any atom is 0.338 e. The Balaban J connectivity index is 2.61. The molecule has 5 nitrogen and oxygen atoms in total. The second-order valence-corrected chi connectivity index (χ2v) is 6.35. The molecule has 0 aromatic carbocycles. The lowest BCUT2D eigenvalue weighted by atomic mass is 9.96. The SMILES string of the molecule is CCCCCCC(C)/C=C(\C)C(O)C1C=C(/C=C/C(=O)O)C(=O)O1. The molecule has 1 heterocycles. The third kappa shape index (κ3) is 6.71. The van der Waals surface area contributed by atoms with Crippen molar-refractivity contribution in [3.63, 3.8) is 0 Å². The summed E-state index contributed by atoms with van der Waals surface area (Å²) in [6.45, 7) is 6.11. The predicted molar refractivity (Wildman–Crippen MR) is 92.4 cm³/mol. The lowest BCUT2D eigenvalue weighted by Crippen LogP contribution is -2.27. The lowest BCUT2D eigenvalue weighted by Gasteiger charge is -2.18. The van der Waals surface area contributed by atoms with Crippen molar-refractivity contribution in [1.29, 1.82) is 0 Å². The Morgan fingerprint density at radius 1 is 1.38 bits per heavy atom. The Labute approximate surface area is 143 Å². The Morgan fingerprint density at radius 2 is 2.08 bits per heavy atom. The largest absolute Gasteiger partial charge is 0.478 e. The molecular formula is C19H28O5. The summed E-state index contributed by atoms with van der Waals surface area (Å²) < 4.78 is 5.12. The maximum atomic E-state index is 11.7. The molecule has 1 rings (SSSR count). The molecule has 0 saturated carbocycles. The van der Waals surface area contributed by atoms with E-state index in [1.54, 1.807) is 0 Å². The third-order valence-electron chi connectivity index (χ3n) is 4.07. The van der Waals surface area contributed by atoms with Gasteiger partial charge in [0.25, 0.3) is 0 Å². The summed E-state index contributed by atoms with van der Waals surface area (Å²) in [6, 6.07) is 0. The van der Waals surface area contributed by atoms with Crippen LogP contribution in [0.3, 0.4) is 0 Å². The molecule has 5 heteroatoms. The quantitative estimate of drug-likeness (QED) is 0.276. The highest BCUT2D eigenvalue weighted by Crippen LogP contribution is 2.23. The van der Waals surface area contributed by atoms with Crippen LogP contribution in [0.4, 0.5) is 0 Å². The van der Waals surface area contributed by atoms with Crippen LogP contribution in [-0.2, 0) is 14.3 Å². The average Bonchev–Trinajstić information content (AvgIpc) is 2.89. The van der Waals surface area contributed by atoms with Crippen molar-refractivity contribution in [3.8, 4) is 0 Å². The monoisotopic (exact) mass is 336 g/mol. The first kappa shape index (κ1) is 20.2. The average molecular weight is 336 g/mol. The van der Waals surface area contributed by atoms with Crippen molar-refractivity contribution < 1.29 is 24.5 Å². The van der Waals surface area contributed by atoms with E-state index in [2.05, 4.69) is 13.8 Å². The van der Waals surface area contributed by atoms with Crippen LogP contribution in [0.15, 0.2) is 35.5 Å². The number of carbonyl (C=O) groups is 2. The summed E-state index contributed by atoms with van der Waals surface area (Å²) in [7, 11) is 0. The zero-order valence-electron chi connectivity index (χ0n) is 14.7. The summed E-state index contributed by atoms with van der Waals surface area (Å²) in [4.78, 5) is 22.2. The van der Waals surface area contributed by atoms with Crippen LogP contribution in [0.2, 0.25) is 0 Å². The van der Waals surface area contributed by atoms with Gasteiger partial charge in [0.05, 0.1) is 5.57 Å². The summed E-state index contributed by atoms with van der Waals surface area (Å²) in [5, 5.41) is 19.0. The number of esters is 1. The Morgan fingerprint density at radius 3 is 2.71 bits per heavy atom. The van der Waals surface area contributed by atoms with Crippen LogP contribution in [0.5, 0.6) is 0 Å². The minimum atomic E-state index is -1.14. The van der Waals surface area contributed by atoms with Crippen LogP contribution < -0.4 is 0 Å². The fourth-order valence-corrected chi connectivity index (χ4v) is 2.69. The first-order chi connectivity index (χ1) is 11.3. The van der Waals surface area contributed by atoms with E-state index >= 15 is 0 Å². The first-order valence-electron chi connectivity index (χ1n) is 8.55. The Kier molecular flexibility index (Phi) is 8.47. The Hall–Kier alpha value is -1.88. The van der Waals surface area contributed by atoms with Gasteiger partial charge in [0.2, 0.25) is 0 Å². The van der Waals surface area contributed by atoms with Crippen molar-refractivity contribution in [2.45, 2.75) is 65.1 Å². The highest BCUT2D eigenvalue weighted by atomic mass is 16.6. The summed E-state index contributed by atoms with van der Waals surface area (Å²) in [6.07, 6.45) is 9.77. The number of allylic oxidation sites excluding steroid dienone is 1. The van der Waals surface area contributed by atoms with Gasteiger partial charge in [0.1, 0.15) is 6.10 Å². The lowest BCUT2D eigenvalue weighted by molar-refractivity contribution is -0.142. The number of carbonyl (C=O) groups excluding carboxylic acids is 1. The number of aliphatic carboxylic acids is 1. The normalized spacial score (nSPS) is 20.8. The van der Waals surface area contributed by atoms with E-state index in [-0.39, 0.29) is 5.57 Å². The first-order valence-corrected chi connectivity index (χ1v) is 8.55. The molecule has 3 atom stereocenters. The van der Waals surface area contributed by atoms with E-state index in [4.69, 9.17) is 9.84 Å². The van der Waals surface area contributed by atoms with E-state index in [0.29, 0.717) is 5.92 Å². The molecule has 0 saturated heterocycles. The van der Waals surface area contributed by atoms with Gasteiger partial charge in [0.15, 0.2) is 6.10 Å². The van der Waals surface area contributed by atoms with Gasteiger partial charge in [-0.15, -0.1) is 0 Å². The van der Waals surface area contributed by atoms with Crippen molar-refractivity contribution in [3.05, 3.63) is 35.5 Å². The van der Waals surface area contributed by atoms with Crippen molar-refractivity contribution in [1.82, 2.24) is 0 Å². The molecule has 24 heavy (non-hydrogen) atoms.